The van der Waals surface area contributed by atoms with Gasteiger partial charge in [0.25, 0.3) is 5.91 Å². The molecule has 1 aliphatic rings. The maximum Gasteiger partial charge on any atom is 0.252 e. The van der Waals surface area contributed by atoms with E-state index in [0.29, 0.717) is 37.1 Å². The molecular weight excluding hydrogens is 434 g/mol. The van der Waals surface area contributed by atoms with Gasteiger partial charge < -0.3 is 32.5 Å². The zero-order valence-electron chi connectivity index (χ0n) is 18.0. The molecule has 0 bridgehead atoms. The highest BCUT2D eigenvalue weighted by Crippen LogP contribution is 2.18. The average Bonchev–Trinajstić information content (AvgIpc) is 2.75. The van der Waals surface area contributed by atoms with Crippen molar-refractivity contribution in [3.8, 4) is 0 Å². The number of hydrogen-bond donors (Lipinski definition) is 6. The number of nitrogens with one attached hydrogen (secondary N) is 3. The van der Waals surface area contributed by atoms with Gasteiger partial charge >= 0.3 is 0 Å². The number of carbonyl (C=O) groups excluding carboxylic acids is 4. The van der Waals surface area contributed by atoms with Gasteiger partial charge in [0.1, 0.15) is 18.1 Å². The highest BCUT2D eigenvalue weighted by molar-refractivity contribution is 7.98. The van der Waals surface area contributed by atoms with Crippen molar-refractivity contribution in [3.05, 3.63) is 35.4 Å². The van der Waals surface area contributed by atoms with E-state index in [1.165, 1.54) is 18.7 Å². The van der Waals surface area contributed by atoms with Gasteiger partial charge in [-0.3, -0.25) is 19.2 Å². The fourth-order valence-electron chi connectivity index (χ4n) is 3.27. The van der Waals surface area contributed by atoms with Gasteiger partial charge in [-0.2, -0.15) is 11.8 Å². The van der Waals surface area contributed by atoms with Gasteiger partial charge in [0.2, 0.25) is 17.7 Å². The van der Waals surface area contributed by atoms with E-state index >= 15 is 0 Å². The summed E-state index contributed by atoms with van der Waals surface area (Å²) in [4.78, 5) is 50.5. The minimum absolute atomic E-state index is 0.166. The number of aliphatic hydroxyl groups excluding tert-OH is 1. The number of thioether (sulfide) groups is 1. The van der Waals surface area contributed by atoms with E-state index in [9.17, 15) is 24.3 Å². The first-order valence-electron chi connectivity index (χ1n) is 10.5. The molecule has 176 valence electrons. The fourth-order valence-corrected chi connectivity index (χ4v) is 4.34. The predicted octanol–water partition coefficient (Wildman–Crippen LogP) is -1.00. The first kappa shape index (κ1) is 25.6. The second-order valence-electron chi connectivity index (χ2n) is 7.67. The van der Waals surface area contributed by atoms with E-state index in [0.717, 1.165) is 5.56 Å². The Morgan fingerprint density at radius 2 is 1.88 bits per heavy atom. The maximum atomic E-state index is 13.0. The van der Waals surface area contributed by atoms with Crippen molar-refractivity contribution in [1.29, 1.82) is 0 Å². The molecule has 8 N–H and O–H groups in total. The summed E-state index contributed by atoms with van der Waals surface area (Å²) in [5.74, 6) is -1.94. The van der Waals surface area contributed by atoms with Crippen LogP contribution in [-0.2, 0) is 20.1 Å². The minimum atomic E-state index is -1.32. The fraction of sp³-hybridized carbons (Fsp3) is 0.524. The lowest BCUT2D eigenvalue weighted by atomic mass is 10.0. The molecule has 1 aliphatic heterocycles. The highest BCUT2D eigenvalue weighted by Gasteiger charge is 2.32. The van der Waals surface area contributed by atoms with E-state index < -0.39 is 47.9 Å². The summed E-state index contributed by atoms with van der Waals surface area (Å²) in [5, 5.41) is 17.8. The van der Waals surface area contributed by atoms with Crippen LogP contribution in [0.5, 0.6) is 0 Å². The number of rotatable bonds is 6. The Balaban J connectivity index is 2.39. The topological polar surface area (TPSA) is 177 Å². The second-order valence-corrected chi connectivity index (χ2v) is 8.70. The van der Waals surface area contributed by atoms with E-state index in [1.807, 2.05) is 0 Å². The van der Waals surface area contributed by atoms with Gasteiger partial charge in [0, 0.05) is 17.1 Å². The lowest BCUT2D eigenvalue weighted by Crippen LogP contribution is -2.60. The first-order valence-corrected chi connectivity index (χ1v) is 11.6. The Morgan fingerprint density at radius 1 is 1.16 bits per heavy atom. The molecule has 32 heavy (non-hydrogen) atoms. The van der Waals surface area contributed by atoms with Crippen LogP contribution < -0.4 is 27.4 Å². The molecule has 0 saturated heterocycles. The molecule has 1 aromatic rings. The number of benzene rings is 1. The summed E-state index contributed by atoms with van der Waals surface area (Å²) in [7, 11) is 0. The van der Waals surface area contributed by atoms with Crippen molar-refractivity contribution < 1.29 is 24.3 Å². The van der Waals surface area contributed by atoms with E-state index in [4.69, 9.17) is 11.5 Å². The molecule has 4 amide bonds. The molecule has 10 nitrogen and oxygen atoms in total. The van der Waals surface area contributed by atoms with Crippen LogP contribution in [0.1, 0.15) is 42.1 Å². The summed E-state index contributed by atoms with van der Waals surface area (Å²) >= 11 is 1.33. The maximum absolute atomic E-state index is 13.0. The van der Waals surface area contributed by atoms with Crippen LogP contribution in [0.2, 0.25) is 0 Å². The molecule has 4 atom stereocenters. The van der Waals surface area contributed by atoms with Crippen LogP contribution in [-0.4, -0.2) is 65.3 Å². The normalized spacial score (nSPS) is 23.7. The third kappa shape index (κ3) is 7.21. The van der Waals surface area contributed by atoms with Crippen LogP contribution in [0.25, 0.3) is 0 Å². The van der Waals surface area contributed by atoms with Crippen LogP contribution in [0.3, 0.4) is 0 Å². The molecule has 1 heterocycles. The zero-order valence-corrected chi connectivity index (χ0v) is 18.8. The van der Waals surface area contributed by atoms with Crippen LogP contribution in [0.15, 0.2) is 24.3 Å². The molecule has 0 saturated carbocycles. The molecular formula is C21H31N5O5S. The molecule has 0 fully saturated rings. The lowest BCUT2D eigenvalue weighted by Gasteiger charge is -2.27. The number of hydrogen-bond acceptors (Lipinski definition) is 7. The second kappa shape index (κ2) is 12.4. The standard InChI is InChI=1S/C21H31N5O5S/c1-12(27)17-21(31)25-16(18(23)28)11-32-10-13-6-2-3-7-14(13)19(29)24-15(20(30)26-17)8-4-5-9-22/h2-3,6-7,12,15-17,27H,4-5,8-11,22H2,1H3,(H2,23,28)(H,24,29)(H,25,31)(H,26,30)/t12-,15+,16+,17+/m1/s1. The van der Waals surface area contributed by atoms with Crippen molar-refractivity contribution >= 4 is 35.4 Å². The minimum Gasteiger partial charge on any atom is -0.391 e. The summed E-state index contributed by atoms with van der Waals surface area (Å²) in [6, 6.07) is 3.72. The zero-order chi connectivity index (χ0) is 23.7. The number of fused-ring (bicyclic) bond motifs is 1. The van der Waals surface area contributed by atoms with Crippen molar-refractivity contribution in [2.24, 2.45) is 11.5 Å². The summed E-state index contributed by atoms with van der Waals surface area (Å²) < 4.78 is 0. The third-order valence-electron chi connectivity index (χ3n) is 5.10. The van der Waals surface area contributed by atoms with Crippen LogP contribution >= 0.6 is 11.8 Å². The van der Waals surface area contributed by atoms with Crippen LogP contribution in [0.4, 0.5) is 0 Å². The summed E-state index contributed by atoms with van der Waals surface area (Å²) in [5.41, 5.74) is 12.1. The van der Waals surface area contributed by atoms with E-state index in [1.54, 1.807) is 24.3 Å². The lowest BCUT2D eigenvalue weighted by molar-refractivity contribution is -0.134. The van der Waals surface area contributed by atoms with Gasteiger partial charge in [0.05, 0.1) is 6.10 Å². The molecule has 11 heteroatoms. The quantitative estimate of drug-likeness (QED) is 0.292. The van der Waals surface area contributed by atoms with Gasteiger partial charge in [-0.05, 0) is 44.4 Å². The van der Waals surface area contributed by atoms with E-state index in [-0.39, 0.29) is 5.75 Å². The molecule has 2 rings (SSSR count). The Bertz CT molecular complexity index is 835. The van der Waals surface area contributed by atoms with Gasteiger partial charge in [0.15, 0.2) is 0 Å². The Labute approximate surface area is 191 Å². The third-order valence-corrected chi connectivity index (χ3v) is 6.18. The highest BCUT2D eigenvalue weighted by atomic mass is 32.2. The Kier molecular flexibility index (Phi) is 9.95. The van der Waals surface area contributed by atoms with Gasteiger partial charge in [-0.25, -0.2) is 0 Å². The molecule has 0 aromatic heterocycles. The number of primary amides is 1. The number of aliphatic hydroxyl groups is 1. The molecule has 0 spiro atoms. The molecule has 0 aliphatic carbocycles. The molecule has 1 aromatic carbocycles. The van der Waals surface area contributed by atoms with Crippen LogP contribution in [0, 0.1) is 0 Å². The summed E-state index contributed by atoms with van der Waals surface area (Å²) in [6.45, 7) is 1.79. The average molecular weight is 466 g/mol. The van der Waals surface area contributed by atoms with Crippen molar-refractivity contribution in [2.75, 3.05) is 12.3 Å². The Morgan fingerprint density at radius 3 is 2.53 bits per heavy atom. The SMILES string of the molecule is C[C@@H](O)[C@@H]1NC(=O)[C@H](CCCCN)NC(=O)c2ccccc2CSC[C@@H](C(N)=O)NC1=O. The summed E-state index contributed by atoms with van der Waals surface area (Å²) in [6.07, 6.45) is 0.313. The van der Waals surface area contributed by atoms with Crippen molar-refractivity contribution in [1.82, 2.24) is 16.0 Å². The van der Waals surface area contributed by atoms with Crippen molar-refractivity contribution in [3.63, 3.8) is 0 Å². The Hall–Kier alpha value is -2.63. The van der Waals surface area contributed by atoms with Gasteiger partial charge in [-0.15, -0.1) is 0 Å². The smallest absolute Gasteiger partial charge is 0.252 e. The van der Waals surface area contributed by atoms with E-state index in [2.05, 4.69) is 16.0 Å². The number of unbranched alkanes of at least 4 members (excludes halogenated alkanes) is 1. The molecule has 0 radical (unpaired) electrons. The van der Waals surface area contributed by atoms with Gasteiger partial charge in [-0.1, -0.05) is 18.2 Å². The number of amides is 4. The first-order chi connectivity index (χ1) is 15.2. The number of carbonyl (C=O) groups is 4. The number of nitrogens with two attached hydrogens (primary N) is 2. The van der Waals surface area contributed by atoms with Crippen molar-refractivity contribution in [2.45, 2.75) is 56.2 Å². The predicted molar refractivity (Wildman–Crippen MR) is 122 cm³/mol. The monoisotopic (exact) mass is 465 g/mol. The largest absolute Gasteiger partial charge is 0.391 e. The molecule has 0 unspecified atom stereocenters.